The summed E-state index contributed by atoms with van der Waals surface area (Å²) < 4.78 is 30.8. The highest BCUT2D eigenvalue weighted by Crippen LogP contribution is 2.35. The summed E-state index contributed by atoms with van der Waals surface area (Å²) in [4.78, 5) is 14.2. The Kier molecular flexibility index (Phi) is 3.99. The number of nitrogens with one attached hydrogen (secondary N) is 1. The summed E-state index contributed by atoms with van der Waals surface area (Å²) in [5.41, 5.74) is 2.38. The lowest BCUT2D eigenvalue weighted by molar-refractivity contribution is 0.0692. The number of hydrogen-bond acceptors (Lipinski definition) is 4. The zero-order valence-corrected chi connectivity index (χ0v) is 13.8. The number of carbonyl (C=O) groups is 1. The van der Waals surface area contributed by atoms with Crippen molar-refractivity contribution in [2.24, 2.45) is 0 Å². The van der Waals surface area contributed by atoms with E-state index in [1.165, 1.54) is 24.7 Å². The van der Waals surface area contributed by atoms with Gasteiger partial charge < -0.3 is 9.32 Å². The quantitative estimate of drug-likeness (QED) is 0.927. The van der Waals surface area contributed by atoms with E-state index in [0.717, 1.165) is 18.4 Å². The first-order valence-corrected chi connectivity index (χ1v) is 8.80. The van der Waals surface area contributed by atoms with E-state index in [1.807, 2.05) is 18.2 Å². The van der Waals surface area contributed by atoms with Gasteiger partial charge in [0.05, 0.1) is 6.04 Å². The smallest absolute Gasteiger partial charge is 0.289 e. The number of rotatable bonds is 4. The molecule has 1 aliphatic carbocycles. The Labute approximate surface area is 135 Å². The molecule has 1 heterocycles. The molecular formula is C16H18N2O4S. The lowest BCUT2D eigenvalue weighted by Gasteiger charge is -2.24. The third-order valence-electron chi connectivity index (χ3n) is 4.21. The van der Waals surface area contributed by atoms with E-state index >= 15 is 0 Å². The molecule has 0 aliphatic heterocycles. The van der Waals surface area contributed by atoms with Crippen molar-refractivity contribution in [1.29, 1.82) is 0 Å². The molecule has 1 amide bonds. The van der Waals surface area contributed by atoms with Gasteiger partial charge in [-0.3, -0.25) is 4.79 Å². The Bertz CT molecular complexity index is 841. The van der Waals surface area contributed by atoms with Crippen molar-refractivity contribution in [3.8, 4) is 0 Å². The van der Waals surface area contributed by atoms with Crippen LogP contribution < -0.4 is 4.72 Å². The molecule has 1 unspecified atom stereocenters. The van der Waals surface area contributed by atoms with Gasteiger partial charge in [0.1, 0.15) is 0 Å². The molecule has 2 aromatic rings. The van der Waals surface area contributed by atoms with Gasteiger partial charge in [0.15, 0.2) is 5.76 Å². The van der Waals surface area contributed by atoms with Gasteiger partial charge in [0.25, 0.3) is 15.9 Å². The van der Waals surface area contributed by atoms with E-state index in [9.17, 15) is 13.2 Å². The minimum absolute atomic E-state index is 0.0192. The Morgan fingerprint density at radius 2 is 2.00 bits per heavy atom. The number of carbonyl (C=O) groups excluding carboxylic acids is 1. The van der Waals surface area contributed by atoms with Crippen molar-refractivity contribution in [2.75, 3.05) is 14.1 Å². The third-order valence-corrected chi connectivity index (χ3v) is 5.50. The van der Waals surface area contributed by atoms with Crippen molar-refractivity contribution in [3.05, 3.63) is 53.3 Å². The average molecular weight is 334 g/mol. The Morgan fingerprint density at radius 3 is 2.74 bits per heavy atom. The molecule has 0 bridgehead atoms. The van der Waals surface area contributed by atoms with Crippen molar-refractivity contribution in [2.45, 2.75) is 24.0 Å². The van der Waals surface area contributed by atoms with Crippen LogP contribution in [0.15, 0.2) is 45.9 Å². The molecule has 23 heavy (non-hydrogen) atoms. The first-order chi connectivity index (χ1) is 10.9. The third kappa shape index (κ3) is 2.77. The highest BCUT2D eigenvalue weighted by molar-refractivity contribution is 7.89. The number of fused-ring (bicyclic) bond motifs is 1. The highest BCUT2D eigenvalue weighted by Gasteiger charge is 2.30. The van der Waals surface area contributed by atoms with Gasteiger partial charge >= 0.3 is 0 Å². The van der Waals surface area contributed by atoms with E-state index in [-0.39, 0.29) is 22.8 Å². The lowest BCUT2D eigenvalue weighted by Crippen LogP contribution is -2.29. The van der Waals surface area contributed by atoms with Crippen LogP contribution in [0.5, 0.6) is 0 Å². The van der Waals surface area contributed by atoms with Gasteiger partial charge in [0, 0.05) is 7.05 Å². The molecule has 0 fully saturated rings. The highest BCUT2D eigenvalue weighted by atomic mass is 32.2. The predicted octanol–water partition coefficient (Wildman–Crippen LogP) is 1.95. The maximum absolute atomic E-state index is 12.6. The average Bonchev–Trinajstić information content (AvgIpc) is 3.20. The van der Waals surface area contributed by atoms with E-state index in [0.29, 0.717) is 0 Å². The molecule has 0 saturated heterocycles. The van der Waals surface area contributed by atoms with Crippen molar-refractivity contribution >= 4 is 15.9 Å². The van der Waals surface area contributed by atoms with Crippen LogP contribution in [0.3, 0.4) is 0 Å². The van der Waals surface area contributed by atoms with Gasteiger partial charge in [0.2, 0.25) is 5.09 Å². The monoisotopic (exact) mass is 334 g/mol. The Morgan fingerprint density at radius 1 is 1.26 bits per heavy atom. The second-order valence-corrected chi connectivity index (χ2v) is 7.31. The standard InChI is InChI=1S/C16H18N2O4S/c1-17-23(20,21)15-10-9-14(22-15)16(19)18(2)13-8-7-11-5-3-4-6-12(11)13/h3-6,9-10,13,17H,7-8H2,1-2H3. The number of hydrogen-bond donors (Lipinski definition) is 1. The fourth-order valence-electron chi connectivity index (χ4n) is 2.93. The SMILES string of the molecule is CNS(=O)(=O)c1ccc(C(=O)N(C)C2CCc3ccccc32)o1. The fraction of sp³-hybridized carbons (Fsp3) is 0.312. The summed E-state index contributed by atoms with van der Waals surface area (Å²) in [5, 5.41) is -0.261. The fourth-order valence-corrected chi connectivity index (χ4v) is 3.58. The van der Waals surface area contributed by atoms with Gasteiger partial charge in [-0.25, -0.2) is 13.1 Å². The zero-order chi connectivity index (χ0) is 16.6. The van der Waals surface area contributed by atoms with Gasteiger partial charge in [-0.1, -0.05) is 24.3 Å². The largest absolute Gasteiger partial charge is 0.438 e. The first kappa shape index (κ1) is 15.8. The van der Waals surface area contributed by atoms with Crippen LogP contribution in [0, 0.1) is 0 Å². The molecular weight excluding hydrogens is 316 g/mol. The lowest BCUT2D eigenvalue weighted by atomic mass is 10.1. The van der Waals surface area contributed by atoms with Crippen molar-refractivity contribution in [1.82, 2.24) is 9.62 Å². The number of sulfonamides is 1. The van der Waals surface area contributed by atoms with Crippen molar-refractivity contribution in [3.63, 3.8) is 0 Å². The second kappa shape index (κ2) is 5.82. The maximum atomic E-state index is 12.6. The molecule has 1 N–H and O–H groups in total. The van der Waals surface area contributed by atoms with E-state index in [2.05, 4.69) is 10.8 Å². The summed E-state index contributed by atoms with van der Waals surface area (Å²) in [5.74, 6) is -0.310. The number of aryl methyl sites for hydroxylation is 1. The number of furan rings is 1. The summed E-state index contributed by atoms with van der Waals surface area (Å²) in [6.45, 7) is 0. The number of benzene rings is 1. The normalized spacial score (nSPS) is 17.0. The molecule has 1 aliphatic rings. The van der Waals surface area contributed by atoms with E-state index < -0.39 is 10.0 Å². The molecule has 0 spiro atoms. The molecule has 0 saturated carbocycles. The van der Waals surface area contributed by atoms with Gasteiger partial charge in [-0.2, -0.15) is 0 Å². The molecule has 122 valence electrons. The van der Waals surface area contributed by atoms with Gasteiger partial charge in [-0.05, 0) is 43.1 Å². The summed E-state index contributed by atoms with van der Waals surface area (Å²) in [6, 6.07) is 10.7. The molecule has 3 rings (SSSR count). The van der Waals surface area contributed by atoms with Crippen LogP contribution in [0.25, 0.3) is 0 Å². The topological polar surface area (TPSA) is 79.6 Å². The second-order valence-electron chi connectivity index (χ2n) is 5.50. The number of amides is 1. The molecule has 1 atom stereocenters. The minimum Gasteiger partial charge on any atom is -0.438 e. The van der Waals surface area contributed by atoms with Crippen LogP contribution in [0.2, 0.25) is 0 Å². The van der Waals surface area contributed by atoms with Crippen LogP contribution >= 0.6 is 0 Å². The predicted molar refractivity (Wildman–Crippen MR) is 84.6 cm³/mol. The summed E-state index contributed by atoms with van der Waals surface area (Å²) in [7, 11) is -0.687. The van der Waals surface area contributed by atoms with E-state index in [1.54, 1.807) is 11.9 Å². The molecule has 7 heteroatoms. The number of nitrogens with zero attached hydrogens (tertiary/aromatic N) is 1. The Balaban J connectivity index is 1.84. The van der Waals surface area contributed by atoms with E-state index in [4.69, 9.17) is 4.42 Å². The van der Waals surface area contributed by atoms with Crippen LogP contribution in [0.1, 0.15) is 34.1 Å². The molecule has 0 radical (unpaired) electrons. The minimum atomic E-state index is -3.69. The van der Waals surface area contributed by atoms with Crippen LogP contribution in [0.4, 0.5) is 0 Å². The zero-order valence-electron chi connectivity index (χ0n) is 12.9. The maximum Gasteiger partial charge on any atom is 0.289 e. The van der Waals surface area contributed by atoms with Gasteiger partial charge in [-0.15, -0.1) is 0 Å². The van der Waals surface area contributed by atoms with Crippen LogP contribution in [-0.2, 0) is 16.4 Å². The summed E-state index contributed by atoms with van der Waals surface area (Å²) in [6.07, 6.45) is 1.78. The molecule has 6 nitrogen and oxygen atoms in total. The first-order valence-electron chi connectivity index (χ1n) is 7.32. The molecule has 1 aromatic heterocycles. The molecule has 1 aromatic carbocycles. The Hall–Kier alpha value is -2.12. The van der Waals surface area contributed by atoms with Crippen molar-refractivity contribution < 1.29 is 17.6 Å². The van der Waals surface area contributed by atoms with Crippen LogP contribution in [-0.4, -0.2) is 33.3 Å². The summed E-state index contributed by atoms with van der Waals surface area (Å²) >= 11 is 0.